The largest absolute Gasteiger partial charge is 0.354 e. The fourth-order valence-corrected chi connectivity index (χ4v) is 3.15. The number of amides is 1. The van der Waals surface area contributed by atoms with Crippen molar-refractivity contribution in [3.8, 4) is 0 Å². The van der Waals surface area contributed by atoms with E-state index >= 15 is 0 Å². The van der Waals surface area contributed by atoms with Gasteiger partial charge in [-0.25, -0.2) is 8.42 Å². The van der Waals surface area contributed by atoms with Crippen LogP contribution >= 0.6 is 0 Å². The van der Waals surface area contributed by atoms with Crippen molar-refractivity contribution in [1.29, 1.82) is 0 Å². The summed E-state index contributed by atoms with van der Waals surface area (Å²) in [6.45, 7) is 9.84. The number of hydrogen-bond acceptors (Lipinski definition) is 6. The van der Waals surface area contributed by atoms with Crippen LogP contribution in [0, 0.1) is 6.92 Å². The van der Waals surface area contributed by atoms with Crippen molar-refractivity contribution in [1.82, 2.24) is 10.1 Å². The molecule has 2 rings (SSSR count). The fourth-order valence-electron chi connectivity index (χ4n) is 1.83. The molecule has 0 saturated heterocycles. The van der Waals surface area contributed by atoms with Gasteiger partial charge in [0.25, 0.3) is 0 Å². The highest BCUT2D eigenvalue weighted by molar-refractivity contribution is 7.93. The van der Waals surface area contributed by atoms with Crippen LogP contribution in [0.4, 0.5) is 5.82 Å². The maximum absolute atomic E-state index is 12.8. The van der Waals surface area contributed by atoms with E-state index in [0.29, 0.717) is 17.0 Å². The molecule has 7 nitrogen and oxygen atoms in total. The van der Waals surface area contributed by atoms with Gasteiger partial charge in [-0.05, 0) is 45.4 Å². The number of hydrogen-bond donors (Lipinski definition) is 1. The molecule has 0 unspecified atom stereocenters. The minimum Gasteiger partial charge on any atom is -0.354 e. The average Bonchev–Trinajstić information content (AvgIpc) is 2.96. The molecule has 0 aliphatic rings. The third kappa shape index (κ3) is 3.23. The molecule has 2 aromatic heterocycles. The molecule has 2 heterocycles. The molecule has 0 atom stereocenters. The maximum Gasteiger partial charge on any atom is 0.246 e. The molecule has 0 aliphatic heterocycles. The lowest BCUT2D eigenvalue weighted by molar-refractivity contribution is -0.117. The van der Waals surface area contributed by atoms with E-state index in [1.165, 1.54) is 32.2 Å². The number of carbonyl (C=O) groups excluding carboxylic acids is 1. The van der Waals surface area contributed by atoms with Crippen LogP contribution in [0.25, 0.3) is 5.57 Å². The lowest BCUT2D eigenvalue weighted by Gasteiger charge is -2.23. The summed E-state index contributed by atoms with van der Waals surface area (Å²) >= 11 is 0. The van der Waals surface area contributed by atoms with Crippen molar-refractivity contribution < 1.29 is 17.7 Å². The lowest BCUT2D eigenvalue weighted by Crippen LogP contribution is -2.44. The Balaban J connectivity index is 2.28. The molecule has 2 aromatic rings. The fraction of sp³-hybridized carbons (Fsp3) is 0.312. The number of aromatic nitrogens is 2. The second-order valence-electron chi connectivity index (χ2n) is 5.96. The Morgan fingerprint density at radius 2 is 2.00 bits per heavy atom. The van der Waals surface area contributed by atoms with Crippen LogP contribution in [0.2, 0.25) is 0 Å². The molecule has 0 fully saturated rings. The highest BCUT2D eigenvalue weighted by atomic mass is 32.2. The topological polar surface area (TPSA) is 102 Å². The SMILES string of the molecule is C=C(C)c1cc(NC(=O)C(C)(C)S(=O)(=O)c2ccc(C)nc2)no1. The van der Waals surface area contributed by atoms with Crippen molar-refractivity contribution in [2.45, 2.75) is 37.3 Å². The van der Waals surface area contributed by atoms with Gasteiger partial charge in [0, 0.05) is 18.0 Å². The molecule has 128 valence electrons. The number of nitrogens with zero attached hydrogens (tertiary/aromatic N) is 2. The molecular formula is C16H19N3O4S. The summed E-state index contributed by atoms with van der Waals surface area (Å²) in [7, 11) is -3.93. The number of carbonyl (C=O) groups is 1. The Bertz CT molecular complexity index is 880. The smallest absolute Gasteiger partial charge is 0.246 e. The van der Waals surface area contributed by atoms with Crippen LogP contribution in [0.5, 0.6) is 0 Å². The van der Waals surface area contributed by atoms with Crippen molar-refractivity contribution in [2.75, 3.05) is 5.32 Å². The summed E-state index contributed by atoms with van der Waals surface area (Å²) in [5.74, 6) is -0.179. The Morgan fingerprint density at radius 3 is 2.50 bits per heavy atom. The van der Waals surface area contributed by atoms with Crippen LogP contribution in [0.3, 0.4) is 0 Å². The van der Waals surface area contributed by atoms with E-state index in [-0.39, 0.29) is 10.7 Å². The van der Waals surface area contributed by atoms with Gasteiger partial charge in [-0.15, -0.1) is 0 Å². The summed E-state index contributed by atoms with van der Waals surface area (Å²) in [5, 5.41) is 6.14. The molecule has 1 N–H and O–H groups in total. The van der Waals surface area contributed by atoms with Gasteiger partial charge in [-0.1, -0.05) is 11.7 Å². The van der Waals surface area contributed by atoms with Crippen LogP contribution < -0.4 is 5.32 Å². The number of nitrogens with one attached hydrogen (secondary N) is 1. The number of sulfone groups is 1. The highest BCUT2D eigenvalue weighted by Gasteiger charge is 2.43. The third-order valence-electron chi connectivity index (χ3n) is 3.59. The molecule has 8 heteroatoms. The molecule has 0 spiro atoms. The van der Waals surface area contributed by atoms with Crippen LogP contribution in [-0.2, 0) is 14.6 Å². The predicted octanol–water partition coefficient (Wildman–Crippen LogP) is 2.60. The minimum absolute atomic E-state index is 0.0176. The molecular weight excluding hydrogens is 330 g/mol. The van der Waals surface area contributed by atoms with Gasteiger partial charge in [0.05, 0.1) is 4.90 Å². The summed E-state index contributed by atoms with van der Waals surface area (Å²) in [4.78, 5) is 16.4. The van der Waals surface area contributed by atoms with E-state index in [1.807, 2.05) is 0 Å². The van der Waals surface area contributed by atoms with Gasteiger partial charge in [0.1, 0.15) is 4.75 Å². The Hall–Kier alpha value is -2.48. The molecule has 0 aliphatic carbocycles. The van der Waals surface area contributed by atoms with Gasteiger partial charge < -0.3 is 9.84 Å². The quantitative estimate of drug-likeness (QED) is 0.890. The standard InChI is InChI=1S/C16H19N3O4S/c1-10(2)13-8-14(19-23-13)18-15(20)16(4,5)24(21,22)12-7-6-11(3)17-9-12/h6-9H,1H2,2-5H3,(H,18,19,20). The first-order chi connectivity index (χ1) is 11.1. The first-order valence-electron chi connectivity index (χ1n) is 7.17. The zero-order valence-corrected chi connectivity index (χ0v) is 14.8. The van der Waals surface area contributed by atoms with E-state index in [0.717, 1.165) is 0 Å². The molecule has 0 saturated carbocycles. The van der Waals surface area contributed by atoms with E-state index in [9.17, 15) is 13.2 Å². The van der Waals surface area contributed by atoms with Gasteiger partial charge in [0.2, 0.25) is 5.91 Å². The van der Waals surface area contributed by atoms with Crippen LogP contribution in [0.15, 0.2) is 40.4 Å². The third-order valence-corrected chi connectivity index (χ3v) is 5.98. The number of aryl methyl sites for hydroxylation is 1. The minimum atomic E-state index is -3.93. The average molecular weight is 349 g/mol. The predicted molar refractivity (Wildman–Crippen MR) is 90.1 cm³/mol. The number of pyridine rings is 1. The summed E-state index contributed by atoms with van der Waals surface area (Å²) in [6.07, 6.45) is 1.25. The van der Waals surface area contributed by atoms with Crippen molar-refractivity contribution in [3.05, 3.63) is 42.4 Å². The first kappa shape index (κ1) is 17.9. The summed E-state index contributed by atoms with van der Waals surface area (Å²) in [5.41, 5.74) is 1.33. The van der Waals surface area contributed by atoms with Crippen molar-refractivity contribution >= 4 is 27.1 Å². The molecule has 1 amide bonds. The van der Waals surface area contributed by atoms with Crippen LogP contribution in [0.1, 0.15) is 32.2 Å². The zero-order valence-electron chi connectivity index (χ0n) is 14.0. The maximum atomic E-state index is 12.8. The number of anilines is 1. The van der Waals surface area contributed by atoms with Gasteiger partial charge in [0.15, 0.2) is 21.4 Å². The molecule has 0 aromatic carbocycles. The second-order valence-corrected chi connectivity index (χ2v) is 8.46. The lowest BCUT2D eigenvalue weighted by atomic mass is 10.2. The van der Waals surface area contributed by atoms with Gasteiger partial charge in [-0.3, -0.25) is 9.78 Å². The zero-order chi connectivity index (χ0) is 18.1. The Morgan fingerprint density at radius 1 is 1.33 bits per heavy atom. The van der Waals surface area contributed by atoms with Gasteiger partial charge >= 0.3 is 0 Å². The Labute approximate surface area is 140 Å². The Kier molecular flexibility index (Phi) is 4.61. The molecule has 24 heavy (non-hydrogen) atoms. The first-order valence-corrected chi connectivity index (χ1v) is 8.65. The van der Waals surface area contributed by atoms with Crippen molar-refractivity contribution in [3.63, 3.8) is 0 Å². The van der Waals surface area contributed by atoms with Gasteiger partial charge in [-0.2, -0.15) is 0 Å². The van der Waals surface area contributed by atoms with Crippen molar-refractivity contribution in [2.24, 2.45) is 0 Å². The highest BCUT2D eigenvalue weighted by Crippen LogP contribution is 2.27. The second kappa shape index (κ2) is 6.20. The number of rotatable bonds is 5. The van der Waals surface area contributed by atoms with E-state index < -0.39 is 20.5 Å². The summed E-state index contributed by atoms with van der Waals surface area (Å²) in [6, 6.07) is 4.50. The van der Waals surface area contributed by atoms with Crippen LogP contribution in [-0.4, -0.2) is 29.2 Å². The summed E-state index contributed by atoms with van der Waals surface area (Å²) < 4.78 is 28.8. The normalized spacial score (nSPS) is 12.0. The molecule has 0 radical (unpaired) electrons. The monoisotopic (exact) mass is 349 g/mol. The van der Waals surface area contributed by atoms with E-state index in [2.05, 4.69) is 22.0 Å². The number of allylic oxidation sites excluding steroid dienone is 1. The van der Waals surface area contributed by atoms with E-state index in [4.69, 9.17) is 4.52 Å². The van der Waals surface area contributed by atoms with E-state index in [1.54, 1.807) is 19.9 Å². The molecule has 0 bridgehead atoms.